The van der Waals surface area contributed by atoms with E-state index in [-0.39, 0.29) is 0 Å². The Bertz CT molecular complexity index is 746. The van der Waals surface area contributed by atoms with Crippen LogP contribution in [0.1, 0.15) is 17.0 Å². The van der Waals surface area contributed by atoms with E-state index in [2.05, 4.69) is 20.6 Å². The molecule has 0 radical (unpaired) electrons. The summed E-state index contributed by atoms with van der Waals surface area (Å²) in [7, 11) is 1.59. The van der Waals surface area contributed by atoms with Crippen molar-refractivity contribution in [2.45, 2.75) is 20.4 Å². The van der Waals surface area contributed by atoms with Gasteiger partial charge in [-0.25, -0.2) is 4.98 Å². The molecule has 3 heterocycles. The Hall–Kier alpha value is -2.83. The number of methoxy groups -OCH3 is 1. The molecule has 3 aromatic rings. The molecule has 22 heavy (non-hydrogen) atoms. The van der Waals surface area contributed by atoms with Gasteiger partial charge in [-0.15, -0.1) is 0 Å². The van der Waals surface area contributed by atoms with Crippen LogP contribution < -0.4 is 10.1 Å². The van der Waals surface area contributed by atoms with Gasteiger partial charge in [-0.1, -0.05) is 10.3 Å². The number of rotatable bonds is 5. The van der Waals surface area contributed by atoms with E-state index in [0.717, 1.165) is 33.8 Å². The number of nitrogens with one attached hydrogen (secondary N) is 1. The molecule has 114 valence electrons. The molecule has 0 fully saturated rings. The summed E-state index contributed by atoms with van der Waals surface area (Å²) in [5, 5.41) is 10.9. The predicted molar refractivity (Wildman–Crippen MR) is 79.6 cm³/mol. The minimum Gasteiger partial charge on any atom is -0.480 e. The van der Waals surface area contributed by atoms with Crippen molar-refractivity contribution in [2.75, 3.05) is 12.4 Å². The van der Waals surface area contributed by atoms with E-state index in [0.29, 0.717) is 12.4 Å². The van der Waals surface area contributed by atoms with E-state index in [9.17, 15) is 0 Å². The topological polar surface area (TPSA) is 86.2 Å². The largest absolute Gasteiger partial charge is 0.480 e. The van der Waals surface area contributed by atoms with Crippen molar-refractivity contribution in [3.05, 3.63) is 41.7 Å². The highest BCUT2D eigenvalue weighted by molar-refractivity contribution is 5.72. The van der Waals surface area contributed by atoms with Gasteiger partial charge in [0.15, 0.2) is 0 Å². The van der Waals surface area contributed by atoms with Crippen molar-refractivity contribution >= 4 is 5.69 Å². The van der Waals surface area contributed by atoms with Crippen molar-refractivity contribution in [2.24, 2.45) is 0 Å². The zero-order valence-corrected chi connectivity index (χ0v) is 12.6. The lowest BCUT2D eigenvalue weighted by atomic mass is 10.1. The highest BCUT2D eigenvalue weighted by Gasteiger charge is 2.14. The quantitative estimate of drug-likeness (QED) is 0.775. The van der Waals surface area contributed by atoms with Crippen LogP contribution in [-0.2, 0) is 6.54 Å². The molecule has 1 N–H and O–H groups in total. The number of anilines is 1. The minimum atomic E-state index is 0.520. The highest BCUT2D eigenvalue weighted by Crippen LogP contribution is 2.32. The van der Waals surface area contributed by atoms with Crippen molar-refractivity contribution in [1.29, 1.82) is 0 Å². The molecule has 0 saturated heterocycles. The number of hydrogen-bond acceptors (Lipinski definition) is 7. The fourth-order valence-electron chi connectivity index (χ4n) is 2.28. The third-order valence-electron chi connectivity index (χ3n) is 3.33. The SMILES string of the molecule is COc1ncc(-c2c(C)noc2C)cc1NCc1cnoc1. The first-order valence-electron chi connectivity index (χ1n) is 6.78. The maximum atomic E-state index is 5.30. The predicted octanol–water partition coefficient (Wildman–Crippen LogP) is 2.96. The summed E-state index contributed by atoms with van der Waals surface area (Å²) in [6.45, 7) is 4.34. The summed E-state index contributed by atoms with van der Waals surface area (Å²) in [5.41, 5.74) is 4.41. The van der Waals surface area contributed by atoms with Gasteiger partial charge >= 0.3 is 0 Å². The van der Waals surface area contributed by atoms with Gasteiger partial charge in [0.05, 0.1) is 24.7 Å². The van der Waals surface area contributed by atoms with E-state index in [4.69, 9.17) is 13.8 Å². The number of hydrogen-bond donors (Lipinski definition) is 1. The van der Waals surface area contributed by atoms with Crippen molar-refractivity contribution in [3.8, 4) is 17.0 Å². The van der Waals surface area contributed by atoms with Gasteiger partial charge in [0, 0.05) is 29.4 Å². The van der Waals surface area contributed by atoms with Crippen LogP contribution in [0.25, 0.3) is 11.1 Å². The number of pyridine rings is 1. The van der Waals surface area contributed by atoms with E-state index in [1.165, 1.54) is 0 Å². The number of aryl methyl sites for hydroxylation is 2. The summed E-state index contributed by atoms with van der Waals surface area (Å²) in [5.74, 6) is 1.28. The third kappa shape index (κ3) is 2.65. The molecule has 0 amide bonds. The normalized spacial score (nSPS) is 10.7. The first-order chi connectivity index (χ1) is 10.7. The monoisotopic (exact) mass is 300 g/mol. The third-order valence-corrected chi connectivity index (χ3v) is 3.33. The molecule has 7 heteroatoms. The lowest BCUT2D eigenvalue weighted by molar-refractivity contribution is 0.393. The first kappa shape index (κ1) is 14.1. The van der Waals surface area contributed by atoms with Crippen molar-refractivity contribution in [3.63, 3.8) is 0 Å². The van der Waals surface area contributed by atoms with Crippen molar-refractivity contribution < 1.29 is 13.8 Å². The second-order valence-electron chi connectivity index (χ2n) is 4.87. The average Bonchev–Trinajstić information content (AvgIpc) is 3.15. The van der Waals surface area contributed by atoms with Gasteiger partial charge < -0.3 is 19.1 Å². The Morgan fingerprint density at radius 2 is 2.14 bits per heavy atom. The fraction of sp³-hybridized carbons (Fsp3) is 0.267. The van der Waals surface area contributed by atoms with Gasteiger partial charge in [-0.2, -0.15) is 0 Å². The first-order valence-corrected chi connectivity index (χ1v) is 6.78. The standard InChI is InChI=1S/C15H16N4O3/c1-9-14(10(2)22-19-9)12-4-13(15(20-3)17-7-12)16-5-11-6-18-21-8-11/h4,6-8,16H,5H2,1-3H3. The summed E-state index contributed by atoms with van der Waals surface area (Å²) >= 11 is 0. The van der Waals surface area contributed by atoms with Gasteiger partial charge in [0.1, 0.15) is 12.0 Å². The molecule has 3 rings (SSSR count). The van der Waals surface area contributed by atoms with Crippen molar-refractivity contribution in [1.82, 2.24) is 15.3 Å². The van der Waals surface area contributed by atoms with E-state index < -0.39 is 0 Å². The second kappa shape index (κ2) is 5.88. The Balaban J connectivity index is 1.92. The van der Waals surface area contributed by atoms with Gasteiger partial charge in [-0.3, -0.25) is 0 Å². The van der Waals surface area contributed by atoms with E-state index >= 15 is 0 Å². The molecule has 0 atom stereocenters. The molecule has 0 spiro atoms. The number of aromatic nitrogens is 3. The molecule has 0 aromatic carbocycles. The zero-order chi connectivity index (χ0) is 15.5. The van der Waals surface area contributed by atoms with Crippen LogP contribution in [0, 0.1) is 13.8 Å². The maximum absolute atomic E-state index is 5.30. The smallest absolute Gasteiger partial charge is 0.237 e. The summed E-state index contributed by atoms with van der Waals surface area (Å²) in [4.78, 5) is 4.34. The van der Waals surface area contributed by atoms with Crippen LogP contribution >= 0.6 is 0 Å². The van der Waals surface area contributed by atoms with Crippen LogP contribution in [0.15, 0.2) is 33.8 Å². The molecule has 7 nitrogen and oxygen atoms in total. The Morgan fingerprint density at radius 3 is 2.77 bits per heavy atom. The van der Waals surface area contributed by atoms with Crippen LogP contribution in [0.5, 0.6) is 5.88 Å². The van der Waals surface area contributed by atoms with Crippen LogP contribution in [-0.4, -0.2) is 22.4 Å². The Labute approximate surface area is 127 Å². The van der Waals surface area contributed by atoms with E-state index in [1.54, 1.807) is 25.8 Å². The fourth-order valence-corrected chi connectivity index (χ4v) is 2.28. The molecule has 0 aliphatic heterocycles. The molecule has 0 bridgehead atoms. The molecule has 0 aliphatic carbocycles. The Kier molecular flexibility index (Phi) is 3.78. The average molecular weight is 300 g/mol. The van der Waals surface area contributed by atoms with Gasteiger partial charge in [0.25, 0.3) is 0 Å². The van der Waals surface area contributed by atoms with Crippen LogP contribution in [0.4, 0.5) is 5.69 Å². The molecular formula is C15H16N4O3. The van der Waals surface area contributed by atoms with Gasteiger partial charge in [0.2, 0.25) is 5.88 Å². The lowest BCUT2D eigenvalue weighted by Crippen LogP contribution is -2.02. The molecule has 0 saturated carbocycles. The minimum absolute atomic E-state index is 0.520. The second-order valence-corrected chi connectivity index (χ2v) is 4.87. The molecule has 0 unspecified atom stereocenters. The lowest BCUT2D eigenvalue weighted by Gasteiger charge is -2.11. The Morgan fingerprint density at radius 1 is 1.27 bits per heavy atom. The van der Waals surface area contributed by atoms with Crippen LogP contribution in [0.3, 0.4) is 0 Å². The molecule has 0 aliphatic rings. The maximum Gasteiger partial charge on any atom is 0.237 e. The summed E-state index contributed by atoms with van der Waals surface area (Å²) in [6.07, 6.45) is 4.99. The summed E-state index contributed by atoms with van der Waals surface area (Å²) in [6, 6.07) is 1.96. The number of nitrogens with zero attached hydrogens (tertiary/aromatic N) is 3. The zero-order valence-electron chi connectivity index (χ0n) is 12.6. The van der Waals surface area contributed by atoms with E-state index in [1.807, 2.05) is 19.9 Å². The summed E-state index contributed by atoms with van der Waals surface area (Å²) < 4.78 is 15.3. The molecule has 3 aromatic heterocycles. The van der Waals surface area contributed by atoms with Crippen LogP contribution in [0.2, 0.25) is 0 Å². The number of ether oxygens (including phenoxy) is 1. The highest BCUT2D eigenvalue weighted by atomic mass is 16.5. The molecular weight excluding hydrogens is 284 g/mol. The van der Waals surface area contributed by atoms with Gasteiger partial charge in [-0.05, 0) is 19.9 Å².